The second-order valence-electron chi connectivity index (χ2n) is 3.89. The van der Waals surface area contributed by atoms with Gasteiger partial charge in [-0.1, -0.05) is 29.8 Å². The summed E-state index contributed by atoms with van der Waals surface area (Å²) in [5, 5.41) is 13.3. The minimum Gasteiger partial charge on any atom is -0.392 e. The summed E-state index contributed by atoms with van der Waals surface area (Å²) in [6.07, 6.45) is 2.32. The third kappa shape index (κ3) is 4.35. The van der Waals surface area contributed by atoms with Gasteiger partial charge < -0.3 is 10.4 Å². The van der Waals surface area contributed by atoms with Gasteiger partial charge in [0.2, 0.25) is 0 Å². The fourth-order valence-corrected chi connectivity index (χ4v) is 1.74. The molecule has 0 saturated carbocycles. The van der Waals surface area contributed by atoms with Crippen molar-refractivity contribution in [2.24, 2.45) is 0 Å². The average Bonchev–Trinajstić information content (AvgIpc) is 2.24. The molecule has 1 aromatic rings. The maximum atomic E-state index is 9.26. The molecule has 0 heterocycles. The van der Waals surface area contributed by atoms with Crippen LogP contribution in [0.3, 0.4) is 0 Å². The summed E-state index contributed by atoms with van der Waals surface area (Å²) in [6, 6.07) is 7.90. The topological polar surface area (TPSA) is 32.3 Å². The molecule has 2 atom stereocenters. The molecule has 0 aliphatic carbocycles. The number of halogens is 1. The first-order valence-corrected chi connectivity index (χ1v) is 5.79. The van der Waals surface area contributed by atoms with Crippen molar-refractivity contribution in [1.29, 1.82) is 0 Å². The van der Waals surface area contributed by atoms with Crippen molar-refractivity contribution in [2.45, 2.75) is 25.5 Å². The molecule has 0 amide bonds. The highest BCUT2D eigenvalue weighted by Gasteiger charge is 2.10. The zero-order valence-corrected chi connectivity index (χ0v) is 10.2. The largest absolute Gasteiger partial charge is 0.392 e. The molecule has 16 heavy (non-hydrogen) atoms. The Morgan fingerprint density at radius 2 is 2.31 bits per heavy atom. The van der Waals surface area contributed by atoms with Crippen LogP contribution in [0.5, 0.6) is 0 Å². The second kappa shape index (κ2) is 6.69. The summed E-state index contributed by atoms with van der Waals surface area (Å²) in [6.45, 7) is 6.06. The number of hydrogen-bond donors (Lipinski definition) is 2. The van der Waals surface area contributed by atoms with Gasteiger partial charge in [0.25, 0.3) is 0 Å². The van der Waals surface area contributed by atoms with Gasteiger partial charge in [-0.15, -0.1) is 6.58 Å². The number of benzene rings is 1. The maximum Gasteiger partial charge on any atom is 0.0636 e. The Hall–Kier alpha value is -0.830. The quantitative estimate of drug-likeness (QED) is 0.749. The van der Waals surface area contributed by atoms with Crippen LogP contribution >= 0.6 is 11.6 Å². The fourth-order valence-electron chi connectivity index (χ4n) is 1.54. The lowest BCUT2D eigenvalue weighted by Gasteiger charge is -2.19. The molecular weight excluding hydrogens is 222 g/mol. The van der Waals surface area contributed by atoms with Crippen LogP contribution in [-0.4, -0.2) is 17.8 Å². The Labute approximate surface area is 102 Å². The Bertz CT molecular complexity index is 338. The fraction of sp³-hybridized carbons (Fsp3) is 0.385. The molecule has 0 aromatic heterocycles. The predicted molar refractivity (Wildman–Crippen MR) is 68.7 cm³/mol. The molecular formula is C13H18ClNO. The summed E-state index contributed by atoms with van der Waals surface area (Å²) in [4.78, 5) is 0. The van der Waals surface area contributed by atoms with Gasteiger partial charge in [0.05, 0.1) is 6.10 Å². The number of rotatable bonds is 6. The minimum absolute atomic E-state index is 0.158. The number of hydrogen-bond acceptors (Lipinski definition) is 2. The third-order valence-corrected chi connectivity index (χ3v) is 2.55. The standard InChI is InChI=1S/C13H18ClNO/c1-3-5-13(15-9-10(2)16)11-6-4-7-12(14)8-11/h3-4,6-8,10,13,15-16H,1,5,9H2,2H3. The number of aliphatic hydroxyl groups is 1. The molecule has 1 rings (SSSR count). The lowest BCUT2D eigenvalue weighted by atomic mass is 10.0. The lowest BCUT2D eigenvalue weighted by molar-refractivity contribution is 0.186. The summed E-state index contributed by atoms with van der Waals surface area (Å²) in [5.41, 5.74) is 1.12. The van der Waals surface area contributed by atoms with Crippen LogP contribution in [0.1, 0.15) is 24.9 Å². The van der Waals surface area contributed by atoms with Crippen LogP contribution in [0, 0.1) is 0 Å². The normalized spacial score (nSPS) is 14.4. The maximum absolute atomic E-state index is 9.26. The molecule has 0 spiro atoms. The number of nitrogens with one attached hydrogen (secondary N) is 1. The molecule has 0 aliphatic rings. The molecule has 0 radical (unpaired) electrons. The average molecular weight is 240 g/mol. The lowest BCUT2D eigenvalue weighted by Crippen LogP contribution is -2.28. The number of aliphatic hydroxyl groups excluding tert-OH is 1. The van der Waals surface area contributed by atoms with E-state index in [0.29, 0.717) is 6.54 Å². The van der Waals surface area contributed by atoms with Crippen molar-refractivity contribution in [3.8, 4) is 0 Å². The third-order valence-electron chi connectivity index (χ3n) is 2.31. The van der Waals surface area contributed by atoms with E-state index in [2.05, 4.69) is 11.9 Å². The molecule has 1 aromatic carbocycles. The van der Waals surface area contributed by atoms with Crippen LogP contribution in [0.2, 0.25) is 5.02 Å². The summed E-state index contributed by atoms with van der Waals surface area (Å²) >= 11 is 5.95. The van der Waals surface area contributed by atoms with Gasteiger partial charge in [0, 0.05) is 17.6 Å². The van der Waals surface area contributed by atoms with E-state index in [1.54, 1.807) is 6.92 Å². The van der Waals surface area contributed by atoms with E-state index in [0.717, 1.165) is 17.0 Å². The molecule has 2 N–H and O–H groups in total. The first kappa shape index (κ1) is 13.2. The SMILES string of the molecule is C=CCC(NCC(C)O)c1cccc(Cl)c1. The van der Waals surface area contributed by atoms with E-state index in [1.165, 1.54) is 0 Å². The van der Waals surface area contributed by atoms with Gasteiger partial charge in [-0.3, -0.25) is 0 Å². The Balaban J connectivity index is 2.72. The Morgan fingerprint density at radius 3 is 2.88 bits per heavy atom. The van der Waals surface area contributed by atoms with E-state index < -0.39 is 0 Å². The van der Waals surface area contributed by atoms with Crippen LogP contribution in [0.4, 0.5) is 0 Å². The molecule has 2 unspecified atom stereocenters. The van der Waals surface area contributed by atoms with E-state index in [1.807, 2.05) is 30.3 Å². The van der Waals surface area contributed by atoms with Gasteiger partial charge in [-0.2, -0.15) is 0 Å². The highest BCUT2D eigenvalue weighted by Crippen LogP contribution is 2.20. The van der Waals surface area contributed by atoms with Gasteiger partial charge in [-0.25, -0.2) is 0 Å². The summed E-state index contributed by atoms with van der Waals surface area (Å²) in [7, 11) is 0. The van der Waals surface area contributed by atoms with Gasteiger partial charge in [0.1, 0.15) is 0 Å². The zero-order chi connectivity index (χ0) is 12.0. The minimum atomic E-state index is -0.355. The van der Waals surface area contributed by atoms with Crippen molar-refractivity contribution < 1.29 is 5.11 Å². The molecule has 0 saturated heterocycles. The van der Waals surface area contributed by atoms with E-state index >= 15 is 0 Å². The first-order valence-electron chi connectivity index (χ1n) is 5.41. The van der Waals surface area contributed by atoms with Crippen LogP contribution < -0.4 is 5.32 Å². The van der Waals surface area contributed by atoms with Crippen LogP contribution in [0.25, 0.3) is 0 Å². The Morgan fingerprint density at radius 1 is 1.56 bits per heavy atom. The second-order valence-corrected chi connectivity index (χ2v) is 4.33. The van der Waals surface area contributed by atoms with Crippen LogP contribution in [-0.2, 0) is 0 Å². The highest BCUT2D eigenvalue weighted by molar-refractivity contribution is 6.30. The molecule has 3 heteroatoms. The monoisotopic (exact) mass is 239 g/mol. The van der Waals surface area contributed by atoms with Crippen molar-refractivity contribution in [2.75, 3.05) is 6.54 Å². The van der Waals surface area contributed by atoms with Crippen molar-refractivity contribution in [3.63, 3.8) is 0 Å². The molecule has 2 nitrogen and oxygen atoms in total. The highest BCUT2D eigenvalue weighted by atomic mass is 35.5. The first-order chi connectivity index (χ1) is 7.63. The molecule has 0 fully saturated rings. The van der Waals surface area contributed by atoms with Gasteiger partial charge in [-0.05, 0) is 31.0 Å². The van der Waals surface area contributed by atoms with Gasteiger partial charge >= 0.3 is 0 Å². The van der Waals surface area contributed by atoms with Crippen molar-refractivity contribution in [3.05, 3.63) is 47.5 Å². The Kier molecular flexibility index (Phi) is 5.53. The van der Waals surface area contributed by atoms with E-state index in [-0.39, 0.29) is 12.1 Å². The summed E-state index contributed by atoms with van der Waals surface area (Å²) < 4.78 is 0. The van der Waals surface area contributed by atoms with Crippen molar-refractivity contribution >= 4 is 11.6 Å². The smallest absolute Gasteiger partial charge is 0.0636 e. The van der Waals surface area contributed by atoms with Crippen molar-refractivity contribution in [1.82, 2.24) is 5.32 Å². The molecule has 88 valence electrons. The summed E-state index contributed by atoms with van der Waals surface area (Å²) in [5.74, 6) is 0. The zero-order valence-electron chi connectivity index (χ0n) is 9.49. The van der Waals surface area contributed by atoms with Gasteiger partial charge in [0.15, 0.2) is 0 Å². The van der Waals surface area contributed by atoms with E-state index in [9.17, 15) is 5.11 Å². The molecule has 0 bridgehead atoms. The molecule has 0 aliphatic heterocycles. The van der Waals surface area contributed by atoms with Crippen LogP contribution in [0.15, 0.2) is 36.9 Å². The predicted octanol–water partition coefficient (Wildman–Crippen LogP) is 2.93. The van der Waals surface area contributed by atoms with E-state index in [4.69, 9.17) is 11.6 Å².